The van der Waals surface area contributed by atoms with E-state index < -0.39 is 6.10 Å². The summed E-state index contributed by atoms with van der Waals surface area (Å²) in [5, 5.41) is 9.85. The van der Waals surface area contributed by atoms with Crippen LogP contribution in [0.1, 0.15) is 13.3 Å². The molecule has 23 heavy (non-hydrogen) atoms. The molecule has 1 atom stereocenters. The summed E-state index contributed by atoms with van der Waals surface area (Å²) in [6, 6.07) is 9.55. The van der Waals surface area contributed by atoms with E-state index in [1.54, 1.807) is 13.3 Å². The number of nitrogens with one attached hydrogen (secondary N) is 1. The molecule has 6 nitrogen and oxygen atoms in total. The number of aromatic amines is 1. The second kappa shape index (κ2) is 6.26. The van der Waals surface area contributed by atoms with Gasteiger partial charge in [-0.3, -0.25) is 9.55 Å². The second-order valence-corrected chi connectivity index (χ2v) is 5.42. The number of pyridine rings is 1. The third-order valence-electron chi connectivity index (χ3n) is 3.92. The van der Waals surface area contributed by atoms with Crippen molar-refractivity contribution in [3.63, 3.8) is 0 Å². The molecule has 3 rings (SSSR count). The summed E-state index contributed by atoms with van der Waals surface area (Å²) in [6.45, 7) is 2.13. The summed E-state index contributed by atoms with van der Waals surface area (Å²) in [5.41, 5.74) is 2.84. The highest BCUT2D eigenvalue weighted by Crippen LogP contribution is 2.24. The van der Waals surface area contributed by atoms with Crippen LogP contribution in [0.4, 0.5) is 0 Å². The number of aliphatic hydroxyl groups excluding tert-OH is 1. The summed E-state index contributed by atoms with van der Waals surface area (Å²) in [6.07, 6.45) is 1.75. The van der Waals surface area contributed by atoms with Gasteiger partial charge in [-0.15, -0.1) is 0 Å². The zero-order valence-corrected chi connectivity index (χ0v) is 13.1. The van der Waals surface area contributed by atoms with Crippen LogP contribution in [0, 0.1) is 0 Å². The van der Waals surface area contributed by atoms with Crippen molar-refractivity contribution in [2.75, 3.05) is 7.11 Å². The Morgan fingerprint density at radius 3 is 2.70 bits per heavy atom. The van der Waals surface area contributed by atoms with Gasteiger partial charge < -0.3 is 9.84 Å². The van der Waals surface area contributed by atoms with E-state index in [4.69, 9.17) is 4.74 Å². The lowest BCUT2D eigenvalue weighted by Crippen LogP contribution is -2.24. The molecule has 0 saturated heterocycles. The first-order valence-electron chi connectivity index (χ1n) is 7.53. The van der Waals surface area contributed by atoms with E-state index in [1.165, 1.54) is 4.57 Å². The van der Waals surface area contributed by atoms with Crippen LogP contribution in [0.15, 0.2) is 41.3 Å². The molecule has 3 aromatic rings. The molecule has 0 amide bonds. The fourth-order valence-corrected chi connectivity index (χ4v) is 2.50. The van der Waals surface area contributed by atoms with Crippen molar-refractivity contribution >= 4 is 11.2 Å². The van der Waals surface area contributed by atoms with Gasteiger partial charge >= 0.3 is 5.69 Å². The number of nitrogens with zero attached hydrogens (tertiary/aromatic N) is 2. The molecule has 0 aliphatic rings. The largest absolute Gasteiger partial charge is 0.497 e. The van der Waals surface area contributed by atoms with E-state index in [0.29, 0.717) is 17.6 Å². The number of fused-ring (bicyclic) bond motifs is 1. The number of aromatic nitrogens is 3. The third kappa shape index (κ3) is 2.98. The fraction of sp³-hybridized carbons (Fsp3) is 0.294. The number of rotatable bonds is 5. The van der Waals surface area contributed by atoms with Crippen LogP contribution in [0.5, 0.6) is 5.75 Å². The Kier molecular flexibility index (Phi) is 4.16. The highest BCUT2D eigenvalue weighted by Gasteiger charge is 2.12. The zero-order chi connectivity index (χ0) is 16.4. The average Bonchev–Trinajstić information content (AvgIpc) is 2.89. The summed E-state index contributed by atoms with van der Waals surface area (Å²) in [4.78, 5) is 19.1. The first-order chi connectivity index (χ1) is 11.1. The number of hydrogen-bond donors (Lipinski definition) is 2. The summed E-state index contributed by atoms with van der Waals surface area (Å²) < 4.78 is 6.69. The minimum absolute atomic E-state index is 0.253. The van der Waals surface area contributed by atoms with E-state index in [0.717, 1.165) is 16.9 Å². The Morgan fingerprint density at radius 1 is 1.30 bits per heavy atom. The van der Waals surface area contributed by atoms with Gasteiger partial charge in [-0.25, -0.2) is 9.78 Å². The Bertz CT molecular complexity index is 865. The van der Waals surface area contributed by atoms with E-state index in [9.17, 15) is 9.90 Å². The van der Waals surface area contributed by atoms with Gasteiger partial charge in [0.05, 0.1) is 25.3 Å². The predicted molar refractivity (Wildman–Crippen MR) is 88.6 cm³/mol. The van der Waals surface area contributed by atoms with Crippen molar-refractivity contribution < 1.29 is 9.84 Å². The van der Waals surface area contributed by atoms with E-state index in [2.05, 4.69) is 9.97 Å². The molecule has 1 unspecified atom stereocenters. The van der Waals surface area contributed by atoms with E-state index in [-0.39, 0.29) is 12.2 Å². The van der Waals surface area contributed by atoms with Gasteiger partial charge in [-0.1, -0.05) is 19.1 Å². The lowest BCUT2D eigenvalue weighted by Gasteiger charge is -2.09. The molecule has 1 aromatic carbocycles. The predicted octanol–water partition coefficient (Wildman–Crippen LogP) is 2.17. The molecule has 2 aromatic heterocycles. The normalized spacial score (nSPS) is 12.5. The van der Waals surface area contributed by atoms with Gasteiger partial charge in [0.25, 0.3) is 0 Å². The minimum Gasteiger partial charge on any atom is -0.497 e. The van der Waals surface area contributed by atoms with Crippen molar-refractivity contribution in [2.24, 2.45) is 0 Å². The molecule has 0 radical (unpaired) electrons. The molecule has 0 fully saturated rings. The number of hydrogen-bond acceptors (Lipinski definition) is 4. The van der Waals surface area contributed by atoms with Crippen LogP contribution in [-0.4, -0.2) is 32.9 Å². The van der Waals surface area contributed by atoms with Crippen molar-refractivity contribution in [3.05, 3.63) is 47.0 Å². The number of aliphatic hydroxyl groups is 1. The molecule has 6 heteroatoms. The SMILES string of the molecule is CCC(O)Cn1c(=O)[nH]c2ncc(-c3ccc(OC)cc3)cc21. The summed E-state index contributed by atoms with van der Waals surface area (Å²) >= 11 is 0. The first-order valence-corrected chi connectivity index (χ1v) is 7.53. The second-order valence-electron chi connectivity index (χ2n) is 5.42. The first kappa shape index (κ1) is 15.3. The highest BCUT2D eigenvalue weighted by atomic mass is 16.5. The van der Waals surface area contributed by atoms with Crippen LogP contribution < -0.4 is 10.4 Å². The van der Waals surface area contributed by atoms with Crippen molar-refractivity contribution in [2.45, 2.75) is 26.0 Å². The zero-order valence-electron chi connectivity index (χ0n) is 13.1. The Labute approximate surface area is 133 Å². The number of benzene rings is 1. The maximum atomic E-state index is 12.1. The lowest BCUT2D eigenvalue weighted by atomic mass is 10.1. The topological polar surface area (TPSA) is 80.1 Å². The maximum absolute atomic E-state index is 12.1. The summed E-state index contributed by atoms with van der Waals surface area (Å²) in [5.74, 6) is 0.785. The molecule has 0 aliphatic heterocycles. The van der Waals surface area contributed by atoms with Gasteiger partial charge in [-0.2, -0.15) is 0 Å². The molecular formula is C17H19N3O3. The van der Waals surface area contributed by atoms with Gasteiger partial charge in [0, 0.05) is 11.8 Å². The molecule has 2 heterocycles. The number of ether oxygens (including phenoxy) is 1. The Hall–Kier alpha value is -2.60. The summed E-state index contributed by atoms with van der Waals surface area (Å²) in [7, 11) is 1.63. The monoisotopic (exact) mass is 313 g/mol. The van der Waals surface area contributed by atoms with E-state index in [1.807, 2.05) is 37.3 Å². The number of imidazole rings is 1. The standard InChI is InChI=1S/C17H19N3O3/c1-3-13(21)10-20-15-8-12(9-18-16(15)19-17(20)22)11-4-6-14(23-2)7-5-11/h4-9,13,21H,3,10H2,1-2H3,(H,18,19,22). The van der Waals surface area contributed by atoms with Crippen LogP contribution in [-0.2, 0) is 6.54 Å². The molecule has 2 N–H and O–H groups in total. The van der Waals surface area contributed by atoms with Crippen LogP contribution in [0.25, 0.3) is 22.3 Å². The van der Waals surface area contributed by atoms with Crippen molar-refractivity contribution in [3.8, 4) is 16.9 Å². The Morgan fingerprint density at radius 2 is 2.04 bits per heavy atom. The maximum Gasteiger partial charge on any atom is 0.327 e. The van der Waals surface area contributed by atoms with Gasteiger partial charge in [0.2, 0.25) is 0 Å². The molecule has 0 spiro atoms. The quantitative estimate of drug-likeness (QED) is 0.756. The highest BCUT2D eigenvalue weighted by molar-refractivity contribution is 5.78. The molecule has 0 aliphatic carbocycles. The Balaban J connectivity index is 2.06. The fourth-order valence-electron chi connectivity index (χ4n) is 2.50. The van der Waals surface area contributed by atoms with Crippen LogP contribution in [0.3, 0.4) is 0 Å². The van der Waals surface area contributed by atoms with Crippen molar-refractivity contribution in [1.82, 2.24) is 14.5 Å². The van der Waals surface area contributed by atoms with Gasteiger partial charge in [-0.05, 0) is 30.2 Å². The molecule has 0 bridgehead atoms. The average molecular weight is 313 g/mol. The van der Waals surface area contributed by atoms with Crippen LogP contribution >= 0.6 is 0 Å². The van der Waals surface area contributed by atoms with E-state index >= 15 is 0 Å². The number of H-pyrrole nitrogens is 1. The minimum atomic E-state index is -0.559. The third-order valence-corrected chi connectivity index (χ3v) is 3.92. The smallest absolute Gasteiger partial charge is 0.327 e. The van der Waals surface area contributed by atoms with Crippen LogP contribution in [0.2, 0.25) is 0 Å². The van der Waals surface area contributed by atoms with Gasteiger partial charge in [0.15, 0.2) is 5.65 Å². The number of methoxy groups -OCH3 is 1. The lowest BCUT2D eigenvalue weighted by molar-refractivity contribution is 0.150. The van der Waals surface area contributed by atoms with Gasteiger partial charge in [0.1, 0.15) is 5.75 Å². The molecule has 120 valence electrons. The molecular weight excluding hydrogens is 294 g/mol. The van der Waals surface area contributed by atoms with Crippen molar-refractivity contribution in [1.29, 1.82) is 0 Å². The molecule has 0 saturated carbocycles.